The number of hydrogen-bond donors (Lipinski definition) is 1. The zero-order valence-corrected chi connectivity index (χ0v) is 11.5. The van der Waals surface area contributed by atoms with E-state index in [-0.39, 0.29) is 25.5 Å². The Kier molecular flexibility index (Phi) is 4.42. The van der Waals surface area contributed by atoms with Crippen LogP contribution in [0.5, 0.6) is 11.5 Å². The van der Waals surface area contributed by atoms with E-state index in [1.807, 2.05) is 0 Å². The van der Waals surface area contributed by atoms with Crippen molar-refractivity contribution in [1.82, 2.24) is 0 Å². The minimum Gasteiger partial charge on any atom is -0.490 e. The van der Waals surface area contributed by atoms with E-state index in [0.717, 1.165) is 0 Å². The summed E-state index contributed by atoms with van der Waals surface area (Å²) in [6.45, 7) is 1.99. The van der Waals surface area contributed by atoms with Crippen LogP contribution < -0.4 is 14.4 Å². The van der Waals surface area contributed by atoms with Crippen LogP contribution in [0.2, 0.25) is 0 Å². The maximum atomic E-state index is 11.9. The number of amides is 1. The molecule has 1 aliphatic heterocycles. The van der Waals surface area contributed by atoms with E-state index in [1.54, 1.807) is 6.92 Å². The Morgan fingerprint density at radius 1 is 1.52 bits per heavy atom. The highest BCUT2D eigenvalue weighted by molar-refractivity contribution is 6.00. The molecule has 0 saturated heterocycles. The lowest BCUT2D eigenvalue weighted by atomic mass is 10.1. The summed E-state index contributed by atoms with van der Waals surface area (Å²) in [6, 6.07) is 3.02. The van der Waals surface area contributed by atoms with Gasteiger partial charge in [-0.05, 0) is 19.1 Å². The van der Waals surface area contributed by atoms with E-state index in [9.17, 15) is 14.4 Å². The van der Waals surface area contributed by atoms with E-state index in [1.165, 1.54) is 17.0 Å². The quantitative estimate of drug-likeness (QED) is 0.789. The molecule has 1 N–H and O–H groups in total. The predicted octanol–water partition coefficient (Wildman–Crippen LogP) is 1.10. The molecule has 7 nitrogen and oxygen atoms in total. The lowest BCUT2D eigenvalue weighted by Crippen LogP contribution is -2.40. The van der Waals surface area contributed by atoms with Crippen LogP contribution in [0.3, 0.4) is 0 Å². The third-order valence-corrected chi connectivity index (χ3v) is 2.97. The summed E-state index contributed by atoms with van der Waals surface area (Å²) in [5.74, 6) is -0.640. The van der Waals surface area contributed by atoms with Crippen molar-refractivity contribution in [1.29, 1.82) is 0 Å². The van der Waals surface area contributed by atoms with Crippen LogP contribution in [-0.2, 0) is 9.59 Å². The molecule has 2 rings (SSSR count). The predicted molar refractivity (Wildman–Crippen MR) is 73.1 cm³/mol. The summed E-state index contributed by atoms with van der Waals surface area (Å²) in [6.07, 6.45) is 0.442. The van der Waals surface area contributed by atoms with Gasteiger partial charge in [0, 0.05) is 12.1 Å². The van der Waals surface area contributed by atoms with Gasteiger partial charge in [0.05, 0.1) is 18.7 Å². The smallest absolute Gasteiger partial charge is 0.305 e. The summed E-state index contributed by atoms with van der Waals surface area (Å²) in [5.41, 5.74) is 0.691. The number of ether oxygens (including phenoxy) is 2. The summed E-state index contributed by atoms with van der Waals surface area (Å²) in [4.78, 5) is 34.9. The number of fused-ring (bicyclic) bond motifs is 1. The first-order valence-electron chi connectivity index (χ1n) is 6.47. The molecule has 0 fully saturated rings. The Morgan fingerprint density at radius 3 is 2.90 bits per heavy atom. The first-order valence-corrected chi connectivity index (χ1v) is 6.47. The third kappa shape index (κ3) is 3.13. The van der Waals surface area contributed by atoms with E-state index in [0.29, 0.717) is 35.6 Å². The van der Waals surface area contributed by atoms with Crippen LogP contribution in [0.25, 0.3) is 0 Å². The molecular formula is C14H15NO6. The van der Waals surface area contributed by atoms with Gasteiger partial charge >= 0.3 is 5.97 Å². The largest absolute Gasteiger partial charge is 0.490 e. The summed E-state index contributed by atoms with van der Waals surface area (Å²) in [5, 5.41) is 8.77. The molecule has 7 heteroatoms. The number of hydrogen-bond acceptors (Lipinski definition) is 5. The molecule has 0 bridgehead atoms. The van der Waals surface area contributed by atoms with Gasteiger partial charge in [-0.15, -0.1) is 0 Å². The number of carbonyl (C=O) groups excluding carboxylic acids is 2. The van der Waals surface area contributed by atoms with Gasteiger partial charge < -0.3 is 19.5 Å². The second-order valence-corrected chi connectivity index (χ2v) is 4.40. The SMILES string of the molecule is CCOc1cc(C=O)cc2c1OCC(=O)N2CCC(=O)O. The van der Waals surface area contributed by atoms with Crippen molar-refractivity contribution in [2.24, 2.45) is 0 Å². The van der Waals surface area contributed by atoms with Crippen LogP contribution in [0.4, 0.5) is 5.69 Å². The molecule has 1 aromatic carbocycles. The lowest BCUT2D eigenvalue weighted by Gasteiger charge is -2.30. The first-order chi connectivity index (χ1) is 10.1. The van der Waals surface area contributed by atoms with Crippen molar-refractivity contribution in [2.45, 2.75) is 13.3 Å². The van der Waals surface area contributed by atoms with Crippen molar-refractivity contribution in [2.75, 3.05) is 24.7 Å². The number of nitrogens with zero attached hydrogens (tertiary/aromatic N) is 1. The molecule has 0 saturated carbocycles. The van der Waals surface area contributed by atoms with Crippen LogP contribution in [0.1, 0.15) is 23.7 Å². The Morgan fingerprint density at radius 2 is 2.29 bits per heavy atom. The molecule has 0 aliphatic carbocycles. The molecule has 21 heavy (non-hydrogen) atoms. The van der Waals surface area contributed by atoms with Crippen LogP contribution in [0.15, 0.2) is 12.1 Å². The number of carboxylic acids is 1. The highest BCUT2D eigenvalue weighted by atomic mass is 16.5. The van der Waals surface area contributed by atoms with E-state index in [2.05, 4.69) is 0 Å². The van der Waals surface area contributed by atoms with Crippen LogP contribution >= 0.6 is 0 Å². The fourth-order valence-corrected chi connectivity index (χ4v) is 2.08. The fraction of sp³-hybridized carbons (Fsp3) is 0.357. The van der Waals surface area contributed by atoms with Gasteiger partial charge in [0.2, 0.25) is 0 Å². The Balaban J connectivity index is 2.44. The van der Waals surface area contributed by atoms with Gasteiger partial charge in [-0.25, -0.2) is 0 Å². The average Bonchev–Trinajstić information content (AvgIpc) is 2.45. The maximum absolute atomic E-state index is 11.9. The van der Waals surface area contributed by atoms with E-state index >= 15 is 0 Å². The number of carbonyl (C=O) groups is 3. The highest BCUT2D eigenvalue weighted by Crippen LogP contribution is 2.41. The van der Waals surface area contributed by atoms with Crippen molar-refractivity contribution >= 4 is 23.9 Å². The minimum atomic E-state index is -1.01. The van der Waals surface area contributed by atoms with Gasteiger partial charge in [-0.3, -0.25) is 14.4 Å². The number of carboxylic acid groups (broad SMARTS) is 1. The zero-order valence-electron chi connectivity index (χ0n) is 11.5. The van der Waals surface area contributed by atoms with Crippen molar-refractivity contribution in [3.8, 4) is 11.5 Å². The van der Waals surface area contributed by atoms with E-state index < -0.39 is 5.97 Å². The van der Waals surface area contributed by atoms with Crippen LogP contribution in [-0.4, -0.2) is 43.0 Å². The average molecular weight is 293 g/mol. The van der Waals surface area contributed by atoms with Crippen molar-refractivity contribution in [3.05, 3.63) is 17.7 Å². The summed E-state index contributed by atoms with van der Waals surface area (Å²) in [7, 11) is 0. The molecular weight excluding hydrogens is 278 g/mol. The number of aliphatic carboxylic acids is 1. The Labute approximate surface area is 121 Å². The van der Waals surface area contributed by atoms with Crippen molar-refractivity contribution in [3.63, 3.8) is 0 Å². The topological polar surface area (TPSA) is 93.1 Å². The molecule has 1 heterocycles. The van der Waals surface area contributed by atoms with Crippen molar-refractivity contribution < 1.29 is 29.0 Å². The highest BCUT2D eigenvalue weighted by Gasteiger charge is 2.29. The molecule has 112 valence electrons. The molecule has 0 radical (unpaired) electrons. The molecule has 0 atom stereocenters. The van der Waals surface area contributed by atoms with Gasteiger partial charge in [0.1, 0.15) is 6.29 Å². The fourth-order valence-electron chi connectivity index (χ4n) is 2.08. The number of rotatable bonds is 6. The maximum Gasteiger partial charge on any atom is 0.305 e. The minimum absolute atomic E-state index is 0.0123. The summed E-state index contributed by atoms with van der Waals surface area (Å²) < 4.78 is 10.8. The number of benzene rings is 1. The standard InChI is InChI=1S/C14H15NO6/c1-2-20-11-6-9(7-16)5-10-14(11)21-8-12(17)15(10)4-3-13(18)19/h5-7H,2-4,8H2,1H3,(H,18,19). The second kappa shape index (κ2) is 6.25. The molecule has 1 amide bonds. The van der Waals surface area contributed by atoms with Gasteiger partial charge in [-0.1, -0.05) is 0 Å². The normalized spacial score (nSPS) is 13.4. The Bertz CT molecular complexity index is 583. The van der Waals surface area contributed by atoms with Crippen LogP contribution in [0, 0.1) is 0 Å². The summed E-state index contributed by atoms with van der Waals surface area (Å²) >= 11 is 0. The molecule has 0 aromatic heterocycles. The first kappa shape index (κ1) is 14.8. The lowest BCUT2D eigenvalue weighted by molar-refractivity contribution is -0.136. The van der Waals surface area contributed by atoms with E-state index in [4.69, 9.17) is 14.6 Å². The molecule has 1 aliphatic rings. The van der Waals surface area contributed by atoms with Gasteiger partial charge in [0.25, 0.3) is 5.91 Å². The van der Waals surface area contributed by atoms with Gasteiger partial charge in [0.15, 0.2) is 18.1 Å². The number of anilines is 1. The molecule has 1 aromatic rings. The zero-order chi connectivity index (χ0) is 15.4. The monoisotopic (exact) mass is 293 g/mol. The number of aldehydes is 1. The van der Waals surface area contributed by atoms with Gasteiger partial charge in [-0.2, -0.15) is 0 Å². The third-order valence-electron chi connectivity index (χ3n) is 2.97. The Hall–Kier alpha value is -2.57. The second-order valence-electron chi connectivity index (χ2n) is 4.40. The molecule has 0 unspecified atom stereocenters. The molecule has 0 spiro atoms.